The third kappa shape index (κ3) is 3.58. The highest BCUT2D eigenvalue weighted by atomic mass is 32.1. The molecule has 6 heteroatoms. The maximum absolute atomic E-state index is 13.2. The van der Waals surface area contributed by atoms with Gasteiger partial charge < -0.3 is 10.2 Å². The minimum Gasteiger partial charge on any atom is -0.369 e. The number of fused-ring (bicyclic) bond motifs is 1. The zero-order valence-electron chi connectivity index (χ0n) is 14.2. The monoisotopic (exact) mass is 356 g/mol. The molecule has 0 saturated carbocycles. The summed E-state index contributed by atoms with van der Waals surface area (Å²) in [6, 6.07) is 12.6. The van der Waals surface area contributed by atoms with E-state index in [-0.39, 0.29) is 0 Å². The summed E-state index contributed by atoms with van der Waals surface area (Å²) in [5.74, 6) is 1.49. The number of rotatable bonds is 6. The number of hydrogen-bond acceptors (Lipinski definition) is 5. The van der Waals surface area contributed by atoms with Gasteiger partial charge in [0, 0.05) is 11.4 Å². The second-order valence-electron chi connectivity index (χ2n) is 6.47. The zero-order chi connectivity index (χ0) is 17.2. The van der Waals surface area contributed by atoms with E-state index in [1.54, 1.807) is 11.3 Å². The lowest BCUT2D eigenvalue weighted by atomic mass is 10.1. The number of aryl methyl sites for hydroxylation is 2. The van der Waals surface area contributed by atoms with Crippen LogP contribution in [0.4, 0.5) is 16.2 Å². The van der Waals surface area contributed by atoms with Gasteiger partial charge in [0.15, 0.2) is 0 Å². The maximum atomic E-state index is 13.2. The summed E-state index contributed by atoms with van der Waals surface area (Å²) in [7, 11) is 0. The Morgan fingerprint density at radius 1 is 1.24 bits per heavy atom. The highest BCUT2D eigenvalue weighted by Crippen LogP contribution is 2.31. The molecule has 25 heavy (non-hydrogen) atoms. The molecule has 0 spiro atoms. The minimum absolute atomic E-state index is 0.392. The Labute approximate surface area is 150 Å². The zero-order valence-corrected chi connectivity index (χ0v) is 15.0. The molecule has 1 aliphatic heterocycles. The van der Waals surface area contributed by atoms with Crippen LogP contribution in [0.1, 0.15) is 16.9 Å². The van der Waals surface area contributed by atoms with E-state index < -0.39 is 6.17 Å². The number of halogens is 1. The van der Waals surface area contributed by atoms with Gasteiger partial charge in [-0.25, -0.2) is 9.37 Å². The van der Waals surface area contributed by atoms with Crippen LogP contribution >= 0.6 is 11.3 Å². The van der Waals surface area contributed by atoms with Crippen molar-refractivity contribution in [1.29, 1.82) is 0 Å². The van der Waals surface area contributed by atoms with E-state index in [1.165, 1.54) is 10.4 Å². The van der Waals surface area contributed by atoms with Crippen molar-refractivity contribution < 1.29 is 4.39 Å². The molecule has 4 rings (SSSR count). The van der Waals surface area contributed by atoms with Gasteiger partial charge in [0.05, 0.1) is 18.5 Å². The predicted molar refractivity (Wildman–Crippen MR) is 103 cm³/mol. The first kappa shape index (κ1) is 16.3. The SMILES string of the molecule is Cc1cc2c(NCCCc3ccccc3)nc(N3CC(F)C3)nc2s1. The molecule has 3 aromatic rings. The van der Waals surface area contributed by atoms with Crippen LogP contribution in [-0.4, -0.2) is 35.8 Å². The quantitative estimate of drug-likeness (QED) is 0.672. The molecule has 0 radical (unpaired) electrons. The van der Waals surface area contributed by atoms with E-state index >= 15 is 0 Å². The van der Waals surface area contributed by atoms with Gasteiger partial charge >= 0.3 is 0 Å². The van der Waals surface area contributed by atoms with E-state index in [9.17, 15) is 4.39 Å². The van der Waals surface area contributed by atoms with E-state index in [0.717, 1.165) is 35.4 Å². The lowest BCUT2D eigenvalue weighted by molar-refractivity contribution is 0.272. The fourth-order valence-corrected chi connectivity index (χ4v) is 3.91. The smallest absolute Gasteiger partial charge is 0.228 e. The van der Waals surface area contributed by atoms with Gasteiger partial charge in [0.1, 0.15) is 16.8 Å². The number of alkyl halides is 1. The summed E-state index contributed by atoms with van der Waals surface area (Å²) in [6.07, 6.45) is 1.31. The molecule has 1 aromatic carbocycles. The number of aromatic nitrogens is 2. The van der Waals surface area contributed by atoms with Crippen LogP contribution in [0.25, 0.3) is 10.2 Å². The molecule has 0 aliphatic carbocycles. The van der Waals surface area contributed by atoms with Gasteiger partial charge in [0.2, 0.25) is 5.95 Å². The molecule has 1 aliphatic rings. The molecule has 0 bridgehead atoms. The average molecular weight is 356 g/mol. The van der Waals surface area contributed by atoms with Crippen molar-refractivity contribution in [3.05, 3.63) is 46.8 Å². The van der Waals surface area contributed by atoms with E-state index in [1.807, 2.05) is 11.0 Å². The van der Waals surface area contributed by atoms with E-state index in [0.29, 0.717) is 19.0 Å². The molecule has 0 unspecified atom stereocenters. The Hall–Kier alpha value is -2.21. The lowest BCUT2D eigenvalue weighted by Gasteiger charge is -2.34. The molecular formula is C19H21FN4S. The molecule has 130 valence electrons. The summed E-state index contributed by atoms with van der Waals surface area (Å²) in [5.41, 5.74) is 1.35. The van der Waals surface area contributed by atoms with Crippen LogP contribution in [0.15, 0.2) is 36.4 Å². The number of anilines is 2. The Morgan fingerprint density at radius 3 is 2.80 bits per heavy atom. The summed E-state index contributed by atoms with van der Waals surface area (Å²) in [4.78, 5) is 13.3. The molecule has 1 saturated heterocycles. The van der Waals surface area contributed by atoms with E-state index in [2.05, 4.69) is 52.5 Å². The fraction of sp³-hybridized carbons (Fsp3) is 0.368. The van der Waals surface area contributed by atoms with Crippen molar-refractivity contribution in [3.63, 3.8) is 0 Å². The number of nitrogens with one attached hydrogen (secondary N) is 1. The van der Waals surface area contributed by atoms with Gasteiger partial charge in [-0.2, -0.15) is 4.98 Å². The maximum Gasteiger partial charge on any atom is 0.228 e. The molecule has 0 atom stereocenters. The van der Waals surface area contributed by atoms with Gasteiger partial charge in [-0.3, -0.25) is 0 Å². The first-order valence-corrected chi connectivity index (χ1v) is 9.46. The second-order valence-corrected chi connectivity index (χ2v) is 7.70. The van der Waals surface area contributed by atoms with Gasteiger partial charge in [-0.1, -0.05) is 30.3 Å². The van der Waals surface area contributed by atoms with Crippen molar-refractivity contribution in [3.8, 4) is 0 Å². The molecule has 1 N–H and O–H groups in total. The molecule has 1 fully saturated rings. The average Bonchev–Trinajstić information content (AvgIpc) is 2.97. The molecular weight excluding hydrogens is 335 g/mol. The van der Waals surface area contributed by atoms with E-state index in [4.69, 9.17) is 0 Å². The number of nitrogens with zero attached hydrogens (tertiary/aromatic N) is 3. The second kappa shape index (κ2) is 6.96. The lowest BCUT2D eigenvalue weighted by Crippen LogP contribution is -2.49. The molecule has 0 amide bonds. The number of hydrogen-bond donors (Lipinski definition) is 1. The summed E-state index contributed by atoms with van der Waals surface area (Å²) in [6.45, 7) is 3.71. The van der Waals surface area contributed by atoms with Crippen LogP contribution in [-0.2, 0) is 6.42 Å². The summed E-state index contributed by atoms with van der Waals surface area (Å²) < 4.78 is 13.2. The largest absolute Gasteiger partial charge is 0.369 e. The Bertz CT molecular complexity index is 858. The van der Waals surface area contributed by atoms with Gasteiger partial charge in [-0.15, -0.1) is 11.3 Å². The third-order valence-electron chi connectivity index (χ3n) is 4.40. The molecule has 4 nitrogen and oxygen atoms in total. The predicted octanol–water partition coefficient (Wildman–Crippen LogP) is 4.20. The van der Waals surface area contributed by atoms with Crippen molar-refractivity contribution in [2.45, 2.75) is 25.9 Å². The van der Waals surface area contributed by atoms with Crippen LogP contribution in [0.5, 0.6) is 0 Å². The van der Waals surface area contributed by atoms with Gasteiger partial charge in [0.25, 0.3) is 0 Å². The molecule has 3 heterocycles. The van der Waals surface area contributed by atoms with Crippen molar-refractivity contribution in [2.24, 2.45) is 0 Å². The summed E-state index contributed by atoms with van der Waals surface area (Å²) in [5, 5.41) is 4.52. The standard InChI is InChI=1S/C19H21FN4S/c1-13-10-16-17(21-9-5-8-14-6-3-2-4-7-14)22-19(23-18(16)25-13)24-11-15(20)12-24/h2-4,6-7,10,15H,5,8-9,11-12H2,1H3,(H,21,22,23). The number of benzene rings is 1. The first-order chi connectivity index (χ1) is 12.2. The fourth-order valence-electron chi connectivity index (χ4n) is 3.04. The van der Waals surface area contributed by atoms with Crippen LogP contribution in [0, 0.1) is 6.92 Å². The Balaban J connectivity index is 1.47. The first-order valence-electron chi connectivity index (χ1n) is 8.64. The third-order valence-corrected chi connectivity index (χ3v) is 5.35. The molecule has 2 aromatic heterocycles. The Morgan fingerprint density at radius 2 is 2.04 bits per heavy atom. The Kier molecular flexibility index (Phi) is 4.53. The van der Waals surface area contributed by atoms with Crippen LogP contribution in [0.2, 0.25) is 0 Å². The highest BCUT2D eigenvalue weighted by molar-refractivity contribution is 7.18. The van der Waals surface area contributed by atoms with Crippen LogP contribution in [0.3, 0.4) is 0 Å². The van der Waals surface area contributed by atoms with Crippen molar-refractivity contribution in [1.82, 2.24) is 9.97 Å². The van der Waals surface area contributed by atoms with Gasteiger partial charge in [-0.05, 0) is 31.4 Å². The topological polar surface area (TPSA) is 41.1 Å². The van der Waals surface area contributed by atoms with Crippen molar-refractivity contribution >= 4 is 33.3 Å². The summed E-state index contributed by atoms with van der Waals surface area (Å²) >= 11 is 1.66. The highest BCUT2D eigenvalue weighted by Gasteiger charge is 2.29. The number of thiophene rings is 1. The van der Waals surface area contributed by atoms with Crippen LogP contribution < -0.4 is 10.2 Å². The normalized spacial score (nSPS) is 14.7. The van der Waals surface area contributed by atoms with Crippen molar-refractivity contribution in [2.75, 3.05) is 29.9 Å². The minimum atomic E-state index is -0.758.